The summed E-state index contributed by atoms with van der Waals surface area (Å²) in [4.78, 5) is 17.0. The summed E-state index contributed by atoms with van der Waals surface area (Å²) in [5.41, 5.74) is 6.05. The summed E-state index contributed by atoms with van der Waals surface area (Å²) in [5, 5.41) is 16.8. The van der Waals surface area contributed by atoms with Gasteiger partial charge in [-0.05, 0) is 43.2 Å². The number of hydrogen-bond acceptors (Lipinski definition) is 6. The number of thiazole rings is 1. The van der Waals surface area contributed by atoms with Crippen molar-refractivity contribution in [2.45, 2.75) is 25.4 Å². The van der Waals surface area contributed by atoms with Crippen molar-refractivity contribution in [3.63, 3.8) is 0 Å². The number of carbonyl (C=O) groups excluding carboxylic acids is 1. The van der Waals surface area contributed by atoms with Crippen LogP contribution in [0.3, 0.4) is 0 Å². The highest BCUT2D eigenvalue weighted by atomic mass is 35.5. The summed E-state index contributed by atoms with van der Waals surface area (Å²) in [7, 11) is 0. The Morgan fingerprint density at radius 1 is 1.12 bits per heavy atom. The van der Waals surface area contributed by atoms with E-state index in [4.69, 9.17) is 11.6 Å². The highest BCUT2D eigenvalue weighted by molar-refractivity contribution is 7.99. The Kier molecular flexibility index (Phi) is 6.05. The van der Waals surface area contributed by atoms with Gasteiger partial charge < -0.3 is 5.32 Å². The molecule has 2 aromatic carbocycles. The molecule has 0 saturated carbocycles. The van der Waals surface area contributed by atoms with E-state index in [1.165, 1.54) is 39.6 Å². The zero-order valence-corrected chi connectivity index (χ0v) is 20.4. The number of nitrogens with one attached hydrogen (secondary N) is 1. The number of rotatable bonds is 6. The molecule has 0 aliphatic carbocycles. The Labute approximate surface area is 204 Å². The lowest BCUT2D eigenvalue weighted by molar-refractivity contribution is -0.115. The van der Waals surface area contributed by atoms with Crippen LogP contribution in [0.1, 0.15) is 17.5 Å². The molecule has 5 rings (SSSR count). The standard InChI is InChI=1S/C24H20ClN5OS2/c1-14-4-3-5-18-15(2)12-20-28-29-24(30(20)22(14)18)32-11-10-21(31)27-23-26-19(13-33-23)16-6-8-17(25)9-7-16/h3-9,12-13H,10-11H2,1-2H3,(H,26,27,31). The van der Waals surface area contributed by atoms with E-state index in [9.17, 15) is 4.79 Å². The third-order valence-electron chi connectivity index (χ3n) is 5.34. The molecule has 0 saturated heterocycles. The van der Waals surface area contributed by atoms with Gasteiger partial charge in [-0.3, -0.25) is 9.20 Å². The van der Waals surface area contributed by atoms with Crippen LogP contribution >= 0.6 is 34.7 Å². The van der Waals surface area contributed by atoms with Crippen LogP contribution in [0.5, 0.6) is 0 Å². The van der Waals surface area contributed by atoms with Gasteiger partial charge in [-0.2, -0.15) is 0 Å². The van der Waals surface area contributed by atoms with E-state index >= 15 is 0 Å². The number of carbonyl (C=O) groups is 1. The number of aryl methyl sites for hydroxylation is 2. The Hall–Kier alpha value is -2.94. The van der Waals surface area contributed by atoms with Crippen molar-refractivity contribution in [3.05, 3.63) is 70.1 Å². The Morgan fingerprint density at radius 3 is 2.76 bits per heavy atom. The summed E-state index contributed by atoms with van der Waals surface area (Å²) in [6.07, 6.45) is 0.345. The highest BCUT2D eigenvalue weighted by Crippen LogP contribution is 2.29. The highest BCUT2D eigenvalue weighted by Gasteiger charge is 2.14. The number of anilines is 1. The fraction of sp³-hybridized carbons (Fsp3) is 0.167. The lowest BCUT2D eigenvalue weighted by Gasteiger charge is -2.10. The van der Waals surface area contributed by atoms with Crippen LogP contribution < -0.4 is 5.32 Å². The second kappa shape index (κ2) is 9.13. The van der Waals surface area contributed by atoms with Gasteiger partial charge in [0.1, 0.15) is 0 Å². The van der Waals surface area contributed by atoms with Crippen LogP contribution in [0, 0.1) is 13.8 Å². The molecular formula is C24H20ClN5OS2. The van der Waals surface area contributed by atoms with E-state index in [0.29, 0.717) is 22.3 Å². The molecule has 0 aliphatic heterocycles. The summed E-state index contributed by atoms with van der Waals surface area (Å²) >= 11 is 8.88. The third-order valence-corrected chi connectivity index (χ3v) is 7.28. The van der Waals surface area contributed by atoms with E-state index in [2.05, 4.69) is 56.9 Å². The second-order valence-corrected chi connectivity index (χ2v) is 10.0. The zero-order chi connectivity index (χ0) is 22.9. The average Bonchev–Trinajstić information content (AvgIpc) is 3.42. The van der Waals surface area contributed by atoms with Crippen molar-refractivity contribution >= 4 is 62.3 Å². The SMILES string of the molecule is Cc1cc2nnc(SCCC(=O)Nc3nc(-c4ccc(Cl)cc4)cs3)n2c2c(C)cccc12. The first-order valence-corrected chi connectivity index (χ1v) is 12.6. The molecule has 33 heavy (non-hydrogen) atoms. The summed E-state index contributed by atoms with van der Waals surface area (Å²) < 4.78 is 2.08. The van der Waals surface area contributed by atoms with Crippen molar-refractivity contribution in [1.82, 2.24) is 19.6 Å². The minimum Gasteiger partial charge on any atom is -0.302 e. The largest absolute Gasteiger partial charge is 0.302 e. The predicted octanol–water partition coefficient (Wildman–Crippen LogP) is 6.40. The zero-order valence-electron chi connectivity index (χ0n) is 18.0. The first-order chi connectivity index (χ1) is 16.0. The van der Waals surface area contributed by atoms with Crippen molar-refractivity contribution in [1.29, 1.82) is 0 Å². The number of fused-ring (bicyclic) bond motifs is 3. The van der Waals surface area contributed by atoms with Gasteiger partial charge in [0.05, 0.1) is 11.2 Å². The minimum atomic E-state index is -0.0785. The number of nitrogens with zero attached hydrogens (tertiary/aromatic N) is 4. The van der Waals surface area contributed by atoms with Crippen molar-refractivity contribution in [3.8, 4) is 11.3 Å². The van der Waals surface area contributed by atoms with Gasteiger partial charge in [0.2, 0.25) is 5.91 Å². The van der Waals surface area contributed by atoms with E-state index < -0.39 is 0 Å². The topological polar surface area (TPSA) is 72.2 Å². The molecule has 0 bridgehead atoms. The monoisotopic (exact) mass is 493 g/mol. The van der Waals surface area contributed by atoms with Crippen LogP contribution in [-0.2, 0) is 4.79 Å². The van der Waals surface area contributed by atoms with Crippen LogP contribution in [0.2, 0.25) is 5.02 Å². The number of hydrogen-bond donors (Lipinski definition) is 1. The third kappa shape index (κ3) is 4.46. The number of benzene rings is 2. The molecule has 9 heteroatoms. The molecule has 0 radical (unpaired) electrons. The normalized spacial score (nSPS) is 11.4. The van der Waals surface area contributed by atoms with Gasteiger partial charge >= 0.3 is 0 Å². The van der Waals surface area contributed by atoms with E-state index in [0.717, 1.165) is 27.6 Å². The van der Waals surface area contributed by atoms with Crippen LogP contribution in [0.15, 0.2) is 59.1 Å². The molecule has 1 N–H and O–H groups in total. The van der Waals surface area contributed by atoms with Crippen molar-refractivity contribution in [2.24, 2.45) is 0 Å². The first kappa shape index (κ1) is 21.9. The molecule has 166 valence electrons. The summed E-state index contributed by atoms with van der Waals surface area (Å²) in [6, 6.07) is 15.8. The Balaban J connectivity index is 1.26. The smallest absolute Gasteiger partial charge is 0.226 e. The molecule has 1 amide bonds. The average molecular weight is 494 g/mol. The minimum absolute atomic E-state index is 0.0785. The fourth-order valence-corrected chi connectivity index (χ4v) is 5.47. The number of aromatic nitrogens is 4. The molecule has 3 heterocycles. The number of para-hydroxylation sites is 1. The molecule has 5 aromatic rings. The maximum Gasteiger partial charge on any atom is 0.226 e. The molecule has 0 aliphatic rings. The van der Waals surface area contributed by atoms with Gasteiger partial charge in [-0.25, -0.2) is 4.98 Å². The van der Waals surface area contributed by atoms with Gasteiger partial charge in [0, 0.05) is 33.5 Å². The molecular weight excluding hydrogens is 474 g/mol. The number of pyridine rings is 1. The maximum absolute atomic E-state index is 12.5. The molecule has 0 atom stereocenters. The molecule has 0 spiro atoms. The van der Waals surface area contributed by atoms with Crippen LogP contribution in [-0.4, -0.2) is 31.2 Å². The van der Waals surface area contributed by atoms with E-state index in [1.54, 1.807) is 0 Å². The number of thioether (sulfide) groups is 1. The number of halogens is 1. The number of amides is 1. The fourth-order valence-electron chi connectivity index (χ4n) is 3.73. The van der Waals surface area contributed by atoms with Crippen molar-refractivity contribution in [2.75, 3.05) is 11.1 Å². The van der Waals surface area contributed by atoms with Gasteiger partial charge in [0.25, 0.3) is 0 Å². The van der Waals surface area contributed by atoms with Gasteiger partial charge in [0.15, 0.2) is 15.9 Å². The first-order valence-electron chi connectivity index (χ1n) is 10.4. The summed E-state index contributed by atoms with van der Waals surface area (Å²) in [6.45, 7) is 4.18. The van der Waals surface area contributed by atoms with Crippen LogP contribution in [0.4, 0.5) is 5.13 Å². The second-order valence-electron chi connectivity index (χ2n) is 7.67. The molecule has 3 aromatic heterocycles. The van der Waals surface area contributed by atoms with E-state index in [1.807, 2.05) is 35.7 Å². The maximum atomic E-state index is 12.5. The summed E-state index contributed by atoms with van der Waals surface area (Å²) in [5.74, 6) is 0.508. The van der Waals surface area contributed by atoms with E-state index in [-0.39, 0.29) is 5.91 Å². The molecule has 6 nitrogen and oxygen atoms in total. The Morgan fingerprint density at radius 2 is 1.94 bits per heavy atom. The quantitative estimate of drug-likeness (QED) is 0.277. The van der Waals surface area contributed by atoms with Crippen LogP contribution in [0.25, 0.3) is 27.8 Å². The Bertz CT molecular complexity index is 1480. The van der Waals surface area contributed by atoms with Gasteiger partial charge in [-0.15, -0.1) is 21.5 Å². The lowest BCUT2D eigenvalue weighted by atomic mass is 10.1. The lowest BCUT2D eigenvalue weighted by Crippen LogP contribution is -2.12. The molecule has 0 fully saturated rings. The van der Waals surface area contributed by atoms with Gasteiger partial charge in [-0.1, -0.05) is 53.7 Å². The molecule has 0 unspecified atom stereocenters. The predicted molar refractivity (Wildman–Crippen MR) is 136 cm³/mol. The van der Waals surface area contributed by atoms with Crippen molar-refractivity contribution < 1.29 is 4.79 Å².